The van der Waals surface area contributed by atoms with Gasteiger partial charge in [0.15, 0.2) is 17.4 Å². The first-order valence-corrected chi connectivity index (χ1v) is 18.7. The van der Waals surface area contributed by atoms with Crippen LogP contribution in [0.25, 0.3) is 10.4 Å². The zero-order chi connectivity index (χ0) is 36.3. The molecule has 272 valence electrons. The number of ketones is 1. The molecule has 0 radical (unpaired) electrons. The summed E-state index contributed by atoms with van der Waals surface area (Å²) in [4.78, 5) is 51.2. The highest BCUT2D eigenvalue weighted by atomic mass is 32.1. The fourth-order valence-corrected chi connectivity index (χ4v) is 7.90. The number of piperidine rings is 1. The third-order valence-corrected chi connectivity index (χ3v) is 10.9. The molecule has 0 saturated carbocycles. The molecule has 2 saturated heterocycles. The Morgan fingerprint density at radius 1 is 1.12 bits per heavy atom. The smallest absolute Gasteiger partial charge is 0.410 e. The summed E-state index contributed by atoms with van der Waals surface area (Å²) in [6.45, 7) is 15.7. The van der Waals surface area contributed by atoms with Gasteiger partial charge in [0.1, 0.15) is 11.5 Å². The van der Waals surface area contributed by atoms with E-state index in [1.54, 1.807) is 21.1 Å². The molecule has 11 nitrogen and oxygen atoms in total. The van der Waals surface area contributed by atoms with E-state index >= 15 is 0 Å². The van der Waals surface area contributed by atoms with Gasteiger partial charge in [-0.3, -0.25) is 9.59 Å². The van der Waals surface area contributed by atoms with Gasteiger partial charge in [0.05, 0.1) is 28.2 Å². The summed E-state index contributed by atoms with van der Waals surface area (Å²) in [6, 6.07) is 9.37. The SMILES string of the molecule is Cc1ncsc1-c1ccc([C@H](C)CC(=O)[C@@H]2C[C@@H](O)CN2C(=O)[C@H](c2cc(N(C)CC3CCN(C(=O)OC(C)(C)C)CC3)no2)C(C)C)cc1. The van der Waals surface area contributed by atoms with Gasteiger partial charge in [-0.05, 0) is 69.4 Å². The number of likely N-dealkylation sites (tertiary alicyclic amines) is 2. The molecule has 1 aromatic carbocycles. The lowest BCUT2D eigenvalue weighted by Gasteiger charge is -2.34. The first kappa shape index (κ1) is 37.5. The van der Waals surface area contributed by atoms with E-state index in [9.17, 15) is 19.5 Å². The topological polar surface area (TPSA) is 129 Å². The van der Waals surface area contributed by atoms with E-state index in [-0.39, 0.29) is 49.0 Å². The van der Waals surface area contributed by atoms with Gasteiger partial charge in [0, 0.05) is 52.1 Å². The Kier molecular flexibility index (Phi) is 11.7. The van der Waals surface area contributed by atoms with Crippen molar-refractivity contribution < 1.29 is 28.8 Å². The quantitative estimate of drug-likeness (QED) is 0.233. The van der Waals surface area contributed by atoms with Crippen LogP contribution < -0.4 is 4.90 Å². The Morgan fingerprint density at radius 3 is 2.40 bits per heavy atom. The van der Waals surface area contributed by atoms with Crippen molar-refractivity contribution in [2.24, 2.45) is 11.8 Å². The molecule has 12 heteroatoms. The van der Waals surface area contributed by atoms with Crippen LogP contribution in [0.15, 0.2) is 40.4 Å². The van der Waals surface area contributed by atoms with E-state index in [4.69, 9.17) is 9.26 Å². The minimum atomic E-state index is -0.767. The minimum absolute atomic E-state index is 0.0494. The number of thiazole rings is 1. The van der Waals surface area contributed by atoms with Gasteiger partial charge in [0.25, 0.3) is 0 Å². The van der Waals surface area contributed by atoms with Crippen molar-refractivity contribution in [1.82, 2.24) is 19.9 Å². The van der Waals surface area contributed by atoms with E-state index in [0.29, 0.717) is 30.6 Å². The van der Waals surface area contributed by atoms with Gasteiger partial charge >= 0.3 is 6.09 Å². The monoisotopic (exact) mass is 707 g/mol. The number of ether oxygens (including phenoxy) is 1. The Morgan fingerprint density at radius 2 is 1.80 bits per heavy atom. The summed E-state index contributed by atoms with van der Waals surface area (Å²) in [5.41, 5.74) is 4.47. The predicted molar refractivity (Wildman–Crippen MR) is 194 cm³/mol. The molecule has 3 aromatic rings. The summed E-state index contributed by atoms with van der Waals surface area (Å²) in [6.07, 6.45) is 1.15. The van der Waals surface area contributed by atoms with E-state index in [1.807, 2.05) is 72.0 Å². The number of benzene rings is 1. The van der Waals surface area contributed by atoms with Crippen molar-refractivity contribution in [2.45, 2.75) is 104 Å². The maximum Gasteiger partial charge on any atom is 0.410 e. The molecule has 4 heterocycles. The molecule has 1 N–H and O–H groups in total. The zero-order valence-corrected chi connectivity index (χ0v) is 31.5. The number of hydrogen-bond donors (Lipinski definition) is 1. The average molecular weight is 708 g/mol. The molecule has 2 aromatic heterocycles. The number of rotatable bonds is 11. The van der Waals surface area contributed by atoms with Crippen molar-refractivity contribution in [1.29, 1.82) is 0 Å². The van der Waals surface area contributed by atoms with E-state index < -0.39 is 23.7 Å². The van der Waals surface area contributed by atoms with Crippen LogP contribution >= 0.6 is 11.3 Å². The summed E-state index contributed by atoms with van der Waals surface area (Å²) in [7, 11) is 1.95. The van der Waals surface area contributed by atoms with Gasteiger partial charge < -0.3 is 29.1 Å². The fraction of sp³-hybridized carbons (Fsp3) is 0.605. The average Bonchev–Trinajstić information content (AvgIpc) is 3.80. The third kappa shape index (κ3) is 8.93. The number of β-amino-alcohol motifs (C(OH)–C–C–N with tert-alkyl or cyclic N) is 1. The van der Waals surface area contributed by atoms with Gasteiger partial charge in [-0.2, -0.15) is 0 Å². The summed E-state index contributed by atoms with van der Waals surface area (Å²) < 4.78 is 11.3. The van der Waals surface area contributed by atoms with E-state index in [1.165, 1.54) is 0 Å². The number of nitrogens with zero attached hydrogens (tertiary/aromatic N) is 5. The molecule has 0 spiro atoms. The number of hydrogen-bond acceptors (Lipinski definition) is 10. The standard InChI is InChI=1S/C38H53N5O6S/c1-23(2)34(32-19-33(40-49-32)41(8)20-26-13-15-42(16-14-26)37(47)48-38(5,6)7)36(46)43-21-29(44)18-30(43)31(45)17-24(3)27-9-11-28(12-10-27)35-25(4)39-22-50-35/h9-12,19,22-24,26,29-30,34,44H,13-18,20-21H2,1-8H3/t24-,29-,30+,34+/m1/s1. The lowest BCUT2D eigenvalue weighted by Crippen LogP contribution is -2.44. The normalized spacial score (nSPS) is 19.9. The lowest BCUT2D eigenvalue weighted by atomic mass is 9.89. The number of aliphatic hydroxyl groups is 1. The zero-order valence-electron chi connectivity index (χ0n) is 30.7. The molecule has 4 atom stereocenters. The van der Waals surface area contributed by atoms with Crippen LogP contribution in [0.5, 0.6) is 0 Å². The molecule has 5 rings (SSSR count). The van der Waals surface area contributed by atoms with Gasteiger partial charge in [0.2, 0.25) is 5.91 Å². The van der Waals surface area contributed by atoms with Crippen LogP contribution in [0.4, 0.5) is 10.6 Å². The molecule has 0 bridgehead atoms. The molecule has 0 aliphatic carbocycles. The van der Waals surface area contributed by atoms with Crippen molar-refractivity contribution in [3.63, 3.8) is 0 Å². The highest BCUT2D eigenvalue weighted by molar-refractivity contribution is 7.13. The van der Waals surface area contributed by atoms with Crippen LogP contribution in [-0.2, 0) is 14.3 Å². The second-order valence-corrected chi connectivity index (χ2v) is 16.3. The Balaban J connectivity index is 1.20. The number of Topliss-reactive ketones (excluding diaryl/α,β-unsaturated/α-hetero) is 1. The maximum atomic E-state index is 14.2. The molecule has 2 aliphatic heterocycles. The summed E-state index contributed by atoms with van der Waals surface area (Å²) >= 11 is 1.61. The summed E-state index contributed by atoms with van der Waals surface area (Å²) in [5, 5.41) is 15.0. The molecule has 50 heavy (non-hydrogen) atoms. The van der Waals surface area contributed by atoms with Crippen LogP contribution in [0.2, 0.25) is 0 Å². The number of anilines is 1. The molecular weight excluding hydrogens is 655 g/mol. The van der Waals surface area contributed by atoms with Crippen molar-refractivity contribution in [2.75, 3.05) is 38.1 Å². The van der Waals surface area contributed by atoms with E-state index in [2.05, 4.69) is 34.4 Å². The van der Waals surface area contributed by atoms with Crippen molar-refractivity contribution in [3.05, 3.63) is 52.9 Å². The van der Waals surface area contributed by atoms with Crippen LogP contribution in [0, 0.1) is 18.8 Å². The summed E-state index contributed by atoms with van der Waals surface area (Å²) in [5.74, 6) is 0.334. The molecule has 0 unspecified atom stereocenters. The highest BCUT2D eigenvalue weighted by Crippen LogP contribution is 2.35. The number of aryl methyl sites for hydroxylation is 1. The van der Waals surface area contributed by atoms with Crippen molar-refractivity contribution in [3.8, 4) is 10.4 Å². The second kappa shape index (κ2) is 15.6. The molecular formula is C38H53N5O6S. The Bertz CT molecular complexity index is 1620. The van der Waals surface area contributed by atoms with E-state index in [0.717, 1.165) is 41.1 Å². The van der Waals surface area contributed by atoms with Gasteiger partial charge in [-0.25, -0.2) is 9.78 Å². The Hall–Kier alpha value is -3.77. The minimum Gasteiger partial charge on any atom is -0.444 e. The van der Waals surface area contributed by atoms with Gasteiger partial charge in [-0.1, -0.05) is 50.2 Å². The molecule has 2 fully saturated rings. The van der Waals surface area contributed by atoms with Gasteiger partial charge in [-0.15, -0.1) is 11.3 Å². The highest BCUT2D eigenvalue weighted by Gasteiger charge is 2.43. The number of aromatic nitrogens is 2. The first-order chi connectivity index (χ1) is 23.6. The maximum absolute atomic E-state index is 14.2. The molecule has 2 aliphatic rings. The van der Waals surface area contributed by atoms with Crippen LogP contribution in [-0.4, -0.2) is 93.8 Å². The van der Waals surface area contributed by atoms with Crippen LogP contribution in [0.3, 0.4) is 0 Å². The Labute approximate surface area is 300 Å². The molecule has 2 amide bonds. The lowest BCUT2D eigenvalue weighted by molar-refractivity contribution is -0.140. The van der Waals surface area contributed by atoms with Crippen LogP contribution in [0.1, 0.15) is 96.1 Å². The fourth-order valence-electron chi connectivity index (χ4n) is 7.09. The largest absolute Gasteiger partial charge is 0.444 e. The number of carbonyl (C=O) groups excluding carboxylic acids is 3. The number of amides is 2. The van der Waals surface area contributed by atoms with Crippen molar-refractivity contribution >= 4 is 34.9 Å². The predicted octanol–water partition coefficient (Wildman–Crippen LogP) is 6.65. The number of carbonyl (C=O) groups is 3. The first-order valence-electron chi connectivity index (χ1n) is 17.8. The number of aliphatic hydroxyl groups excluding tert-OH is 1. The second-order valence-electron chi connectivity index (χ2n) is 15.5. The third-order valence-electron chi connectivity index (χ3n) is 9.87.